The van der Waals surface area contributed by atoms with E-state index in [2.05, 4.69) is 25.2 Å². The van der Waals surface area contributed by atoms with E-state index in [4.69, 9.17) is 9.47 Å². The molecule has 0 saturated carbocycles. The molecule has 1 N–H and O–H groups in total. The highest BCUT2D eigenvalue weighted by Crippen LogP contribution is 2.31. The molecule has 0 unspecified atom stereocenters. The van der Waals surface area contributed by atoms with E-state index in [0.29, 0.717) is 18.3 Å². The third kappa shape index (κ3) is 4.30. The zero-order valence-electron chi connectivity index (χ0n) is 13.6. The lowest BCUT2D eigenvalue weighted by Crippen LogP contribution is -2.53. The van der Waals surface area contributed by atoms with Crippen molar-refractivity contribution in [1.29, 1.82) is 0 Å². The number of ether oxygens (including phenoxy) is 2. The Bertz CT molecular complexity index is 385. The first-order valence-electron chi connectivity index (χ1n) is 8.12. The van der Waals surface area contributed by atoms with Crippen molar-refractivity contribution in [2.45, 2.75) is 51.5 Å². The number of methoxy groups -OCH3 is 1. The van der Waals surface area contributed by atoms with Crippen molar-refractivity contribution in [3.63, 3.8) is 0 Å². The minimum Gasteiger partial charge on any atom is -0.469 e. The minimum absolute atomic E-state index is 0.131. The Morgan fingerprint density at radius 3 is 2.81 bits per heavy atom. The highest BCUT2D eigenvalue weighted by Gasteiger charge is 2.36. The van der Waals surface area contributed by atoms with E-state index >= 15 is 0 Å². The second-order valence-corrected chi connectivity index (χ2v) is 6.64. The van der Waals surface area contributed by atoms with E-state index in [1.54, 1.807) is 0 Å². The average molecular weight is 295 g/mol. The Labute approximate surface area is 128 Å². The molecule has 1 aliphatic heterocycles. The molecule has 1 fully saturated rings. The van der Waals surface area contributed by atoms with E-state index in [0.717, 1.165) is 32.6 Å². The van der Waals surface area contributed by atoms with E-state index in [9.17, 15) is 4.79 Å². The van der Waals surface area contributed by atoms with Crippen LogP contribution in [0.5, 0.6) is 0 Å². The van der Waals surface area contributed by atoms with Gasteiger partial charge in [-0.15, -0.1) is 0 Å². The van der Waals surface area contributed by atoms with Gasteiger partial charge in [-0.25, -0.2) is 0 Å². The largest absolute Gasteiger partial charge is 0.469 e. The lowest BCUT2D eigenvalue weighted by atomic mass is 9.78. The van der Waals surface area contributed by atoms with Gasteiger partial charge in [0.05, 0.1) is 13.5 Å². The predicted octanol–water partition coefficient (Wildman–Crippen LogP) is 2.68. The number of nitrogens with one attached hydrogen (secondary N) is 1. The van der Waals surface area contributed by atoms with Crippen molar-refractivity contribution in [2.75, 3.05) is 26.9 Å². The van der Waals surface area contributed by atoms with Crippen LogP contribution in [0.4, 0.5) is 0 Å². The van der Waals surface area contributed by atoms with Crippen molar-refractivity contribution in [3.8, 4) is 0 Å². The Morgan fingerprint density at radius 1 is 1.48 bits per heavy atom. The summed E-state index contributed by atoms with van der Waals surface area (Å²) in [7, 11) is 1.46. The van der Waals surface area contributed by atoms with Gasteiger partial charge in [-0.2, -0.15) is 0 Å². The molecule has 2 rings (SSSR count). The standard InChI is InChI=1S/C17H29NO3/c1-13-5-4-6-14(2)15(13)12-18-17(11-16(19)20-3)7-9-21-10-8-17/h5,14-15,18H,4,6-12H2,1-3H3/t14-,15+/m0/s1. The van der Waals surface area contributed by atoms with Crippen molar-refractivity contribution in [3.05, 3.63) is 11.6 Å². The maximum atomic E-state index is 11.8. The molecule has 120 valence electrons. The quantitative estimate of drug-likeness (QED) is 0.626. The molecular weight excluding hydrogens is 266 g/mol. The highest BCUT2D eigenvalue weighted by atomic mass is 16.5. The smallest absolute Gasteiger partial charge is 0.307 e. The molecule has 21 heavy (non-hydrogen) atoms. The normalized spacial score (nSPS) is 28.8. The van der Waals surface area contributed by atoms with Crippen LogP contribution in [0.25, 0.3) is 0 Å². The predicted molar refractivity (Wildman–Crippen MR) is 83.1 cm³/mol. The number of allylic oxidation sites excluding steroid dienone is 1. The number of carbonyl (C=O) groups is 1. The molecule has 0 amide bonds. The summed E-state index contributed by atoms with van der Waals surface area (Å²) in [6, 6.07) is 0. The Kier molecular flexibility index (Phi) is 5.82. The van der Waals surface area contributed by atoms with Gasteiger partial charge in [-0.1, -0.05) is 18.6 Å². The lowest BCUT2D eigenvalue weighted by molar-refractivity contribution is -0.143. The van der Waals surface area contributed by atoms with E-state index in [-0.39, 0.29) is 11.5 Å². The van der Waals surface area contributed by atoms with Crippen LogP contribution in [-0.4, -0.2) is 38.4 Å². The Hall–Kier alpha value is -0.870. The monoisotopic (exact) mass is 295 g/mol. The fraction of sp³-hybridized carbons (Fsp3) is 0.824. The van der Waals surface area contributed by atoms with Crippen LogP contribution in [-0.2, 0) is 14.3 Å². The molecule has 0 bridgehead atoms. The summed E-state index contributed by atoms with van der Waals surface area (Å²) in [5, 5.41) is 3.71. The highest BCUT2D eigenvalue weighted by molar-refractivity contribution is 5.70. The number of carbonyl (C=O) groups excluding carboxylic acids is 1. The summed E-state index contributed by atoms with van der Waals surface area (Å²) < 4.78 is 10.4. The number of rotatable bonds is 5. The topological polar surface area (TPSA) is 47.6 Å². The minimum atomic E-state index is -0.150. The molecule has 0 aromatic heterocycles. The molecular formula is C17H29NO3. The van der Waals surface area contributed by atoms with Crippen molar-refractivity contribution in [2.24, 2.45) is 11.8 Å². The van der Waals surface area contributed by atoms with E-state index in [1.807, 2.05) is 0 Å². The summed E-state index contributed by atoms with van der Waals surface area (Å²) in [5.74, 6) is 1.15. The van der Waals surface area contributed by atoms with Crippen molar-refractivity contribution < 1.29 is 14.3 Å². The first-order chi connectivity index (χ1) is 10.1. The molecule has 2 aliphatic rings. The van der Waals surface area contributed by atoms with Crippen LogP contribution in [0.2, 0.25) is 0 Å². The zero-order valence-corrected chi connectivity index (χ0v) is 13.6. The van der Waals surface area contributed by atoms with Crippen LogP contribution in [0, 0.1) is 11.8 Å². The summed E-state index contributed by atoms with van der Waals surface area (Å²) in [6.07, 6.45) is 7.03. The van der Waals surface area contributed by atoms with Gasteiger partial charge < -0.3 is 14.8 Å². The van der Waals surface area contributed by atoms with Crippen LogP contribution < -0.4 is 5.32 Å². The van der Waals surface area contributed by atoms with Gasteiger partial charge in [0, 0.05) is 25.3 Å². The van der Waals surface area contributed by atoms with Crippen molar-refractivity contribution >= 4 is 5.97 Å². The first-order valence-corrected chi connectivity index (χ1v) is 8.12. The van der Waals surface area contributed by atoms with Crippen LogP contribution in [0.1, 0.15) is 46.0 Å². The van der Waals surface area contributed by atoms with Crippen LogP contribution in [0.3, 0.4) is 0 Å². The Balaban J connectivity index is 1.99. The SMILES string of the molecule is COC(=O)CC1(NC[C@@H]2C(C)=CCC[C@@H]2C)CCOCC1. The summed E-state index contributed by atoms with van der Waals surface area (Å²) in [5.41, 5.74) is 1.34. The van der Waals surface area contributed by atoms with Gasteiger partial charge in [-0.05, 0) is 44.4 Å². The van der Waals surface area contributed by atoms with Gasteiger partial charge in [0.1, 0.15) is 0 Å². The molecule has 1 heterocycles. The molecule has 4 nitrogen and oxygen atoms in total. The van der Waals surface area contributed by atoms with E-state index in [1.165, 1.54) is 25.5 Å². The van der Waals surface area contributed by atoms with Gasteiger partial charge in [-0.3, -0.25) is 4.79 Å². The molecule has 0 aromatic rings. The molecule has 1 aliphatic carbocycles. The first kappa shape index (κ1) is 16.5. The maximum absolute atomic E-state index is 11.8. The molecule has 1 saturated heterocycles. The molecule has 0 spiro atoms. The average Bonchev–Trinajstić information content (AvgIpc) is 2.47. The zero-order chi connectivity index (χ0) is 15.3. The van der Waals surface area contributed by atoms with Crippen molar-refractivity contribution in [1.82, 2.24) is 5.32 Å². The lowest BCUT2D eigenvalue weighted by Gasteiger charge is -2.40. The van der Waals surface area contributed by atoms with E-state index < -0.39 is 0 Å². The molecule has 0 radical (unpaired) electrons. The van der Waals surface area contributed by atoms with Gasteiger partial charge >= 0.3 is 5.97 Å². The number of esters is 1. The van der Waals surface area contributed by atoms with Gasteiger partial charge in [0.15, 0.2) is 0 Å². The van der Waals surface area contributed by atoms with Crippen LogP contribution in [0.15, 0.2) is 11.6 Å². The molecule has 4 heteroatoms. The molecule has 2 atom stereocenters. The van der Waals surface area contributed by atoms with Crippen LogP contribution >= 0.6 is 0 Å². The summed E-state index contributed by atoms with van der Waals surface area (Å²) in [6.45, 7) is 6.96. The second-order valence-electron chi connectivity index (χ2n) is 6.64. The van der Waals surface area contributed by atoms with Gasteiger partial charge in [0.2, 0.25) is 0 Å². The summed E-state index contributed by atoms with van der Waals surface area (Å²) >= 11 is 0. The summed E-state index contributed by atoms with van der Waals surface area (Å²) in [4.78, 5) is 11.8. The Morgan fingerprint density at radius 2 is 2.19 bits per heavy atom. The number of hydrogen-bond acceptors (Lipinski definition) is 4. The third-order valence-electron chi connectivity index (χ3n) is 5.22. The third-order valence-corrected chi connectivity index (χ3v) is 5.22. The number of hydrogen-bond donors (Lipinski definition) is 1. The molecule has 0 aromatic carbocycles. The maximum Gasteiger partial charge on any atom is 0.307 e. The second kappa shape index (κ2) is 7.41. The fourth-order valence-corrected chi connectivity index (χ4v) is 3.59. The van der Waals surface area contributed by atoms with Gasteiger partial charge in [0.25, 0.3) is 0 Å². The fourth-order valence-electron chi connectivity index (χ4n) is 3.59.